The molecular formula is C13H21N. The van der Waals surface area contributed by atoms with Crippen molar-refractivity contribution in [3.05, 3.63) is 29.8 Å². The molecule has 0 spiro atoms. The van der Waals surface area contributed by atoms with Crippen LogP contribution in [0.2, 0.25) is 0 Å². The second kappa shape index (κ2) is 6.47. The van der Waals surface area contributed by atoms with Gasteiger partial charge in [-0.15, -0.1) is 0 Å². The minimum Gasteiger partial charge on any atom is -0.385 e. The van der Waals surface area contributed by atoms with Gasteiger partial charge in [-0.2, -0.15) is 0 Å². The molecule has 0 unspecified atom stereocenters. The number of nitrogens with one attached hydrogen (secondary N) is 1. The second-order valence-electron chi connectivity index (χ2n) is 3.69. The topological polar surface area (TPSA) is 12.0 Å². The average molecular weight is 191 g/mol. The molecule has 0 saturated carbocycles. The van der Waals surface area contributed by atoms with E-state index < -0.39 is 0 Å². The molecule has 0 bridgehead atoms. The Hall–Kier alpha value is -0.980. The van der Waals surface area contributed by atoms with E-state index in [1.807, 2.05) is 0 Å². The van der Waals surface area contributed by atoms with E-state index in [0.717, 1.165) is 6.54 Å². The van der Waals surface area contributed by atoms with Crippen LogP contribution in [0.5, 0.6) is 0 Å². The van der Waals surface area contributed by atoms with Crippen molar-refractivity contribution in [2.24, 2.45) is 0 Å². The molecule has 1 heteroatoms. The van der Waals surface area contributed by atoms with E-state index >= 15 is 0 Å². The van der Waals surface area contributed by atoms with E-state index in [-0.39, 0.29) is 0 Å². The Labute approximate surface area is 87.5 Å². The summed E-state index contributed by atoms with van der Waals surface area (Å²) < 4.78 is 0. The van der Waals surface area contributed by atoms with Crippen molar-refractivity contribution in [3.63, 3.8) is 0 Å². The summed E-state index contributed by atoms with van der Waals surface area (Å²) in [6, 6.07) is 8.75. The van der Waals surface area contributed by atoms with Crippen molar-refractivity contribution in [2.45, 2.75) is 39.5 Å². The molecular weight excluding hydrogens is 170 g/mol. The van der Waals surface area contributed by atoms with Crippen LogP contribution in [0.15, 0.2) is 24.3 Å². The number of unbranched alkanes of at least 4 members (excludes halogenated alkanes) is 2. The highest BCUT2D eigenvalue weighted by molar-refractivity contribution is 5.45. The van der Waals surface area contributed by atoms with Crippen molar-refractivity contribution >= 4 is 5.69 Å². The molecule has 1 N–H and O–H groups in total. The van der Waals surface area contributed by atoms with Crippen molar-refractivity contribution in [2.75, 3.05) is 11.9 Å². The predicted molar refractivity (Wildman–Crippen MR) is 63.8 cm³/mol. The van der Waals surface area contributed by atoms with Crippen molar-refractivity contribution in [3.8, 4) is 0 Å². The number of hydrogen-bond acceptors (Lipinski definition) is 1. The highest BCUT2D eigenvalue weighted by atomic mass is 14.8. The molecule has 1 aromatic carbocycles. The molecule has 0 aromatic heterocycles. The van der Waals surface area contributed by atoms with Gasteiger partial charge in [-0.25, -0.2) is 0 Å². The van der Waals surface area contributed by atoms with Gasteiger partial charge in [-0.1, -0.05) is 31.9 Å². The highest BCUT2D eigenvalue weighted by Gasteiger charge is 1.94. The minimum absolute atomic E-state index is 0.998. The SMILES string of the molecule is CCCCCc1cccc(NCC)c1. The van der Waals surface area contributed by atoms with Crippen LogP contribution < -0.4 is 5.32 Å². The van der Waals surface area contributed by atoms with Crippen LogP contribution in [0, 0.1) is 0 Å². The number of benzene rings is 1. The van der Waals surface area contributed by atoms with Crippen molar-refractivity contribution in [1.29, 1.82) is 0 Å². The lowest BCUT2D eigenvalue weighted by atomic mass is 10.1. The largest absolute Gasteiger partial charge is 0.385 e. The van der Waals surface area contributed by atoms with E-state index in [9.17, 15) is 0 Å². The Kier molecular flexibility index (Phi) is 5.13. The fraction of sp³-hybridized carbons (Fsp3) is 0.538. The van der Waals surface area contributed by atoms with E-state index in [0.29, 0.717) is 0 Å². The molecule has 0 amide bonds. The van der Waals surface area contributed by atoms with Crippen LogP contribution in [0.25, 0.3) is 0 Å². The molecule has 1 nitrogen and oxygen atoms in total. The maximum absolute atomic E-state index is 3.34. The summed E-state index contributed by atoms with van der Waals surface area (Å²) in [6.45, 7) is 5.37. The third-order valence-corrected chi connectivity index (χ3v) is 2.38. The molecule has 1 aromatic rings. The maximum Gasteiger partial charge on any atom is 0.0342 e. The Morgan fingerprint density at radius 3 is 2.71 bits per heavy atom. The van der Waals surface area contributed by atoms with E-state index in [2.05, 4.69) is 43.4 Å². The second-order valence-corrected chi connectivity index (χ2v) is 3.69. The first kappa shape index (κ1) is 11.1. The molecule has 14 heavy (non-hydrogen) atoms. The van der Waals surface area contributed by atoms with Crippen molar-refractivity contribution in [1.82, 2.24) is 0 Å². The van der Waals surface area contributed by atoms with Gasteiger partial charge in [0, 0.05) is 12.2 Å². The zero-order chi connectivity index (χ0) is 10.2. The summed E-state index contributed by atoms with van der Waals surface area (Å²) in [5, 5.41) is 3.34. The van der Waals surface area contributed by atoms with Crippen LogP contribution in [-0.4, -0.2) is 6.54 Å². The minimum atomic E-state index is 0.998. The third-order valence-electron chi connectivity index (χ3n) is 2.38. The van der Waals surface area contributed by atoms with Crippen LogP contribution in [0.1, 0.15) is 38.7 Å². The van der Waals surface area contributed by atoms with Gasteiger partial charge in [-0.05, 0) is 37.5 Å². The van der Waals surface area contributed by atoms with Gasteiger partial charge in [0.1, 0.15) is 0 Å². The molecule has 0 aliphatic carbocycles. The van der Waals surface area contributed by atoms with Crippen LogP contribution in [-0.2, 0) is 6.42 Å². The van der Waals surface area contributed by atoms with Gasteiger partial charge < -0.3 is 5.32 Å². The predicted octanol–water partition coefficient (Wildman–Crippen LogP) is 3.85. The molecule has 0 saturated heterocycles. The fourth-order valence-corrected chi connectivity index (χ4v) is 1.62. The summed E-state index contributed by atoms with van der Waals surface area (Å²) in [5.74, 6) is 0. The summed E-state index contributed by atoms with van der Waals surface area (Å²) in [5.41, 5.74) is 2.71. The van der Waals surface area contributed by atoms with Crippen LogP contribution in [0.4, 0.5) is 5.69 Å². The summed E-state index contributed by atoms with van der Waals surface area (Å²) in [4.78, 5) is 0. The zero-order valence-corrected chi connectivity index (χ0v) is 9.34. The summed E-state index contributed by atoms with van der Waals surface area (Å²) in [7, 11) is 0. The standard InChI is InChI=1S/C13H21N/c1-3-5-6-8-12-9-7-10-13(11-12)14-4-2/h7,9-11,14H,3-6,8H2,1-2H3. The van der Waals surface area contributed by atoms with Gasteiger partial charge in [0.15, 0.2) is 0 Å². The first-order chi connectivity index (χ1) is 6.86. The molecule has 0 radical (unpaired) electrons. The van der Waals surface area contributed by atoms with Gasteiger partial charge in [0.25, 0.3) is 0 Å². The first-order valence-corrected chi connectivity index (χ1v) is 5.69. The van der Waals surface area contributed by atoms with Crippen LogP contribution in [0.3, 0.4) is 0 Å². The summed E-state index contributed by atoms with van der Waals surface area (Å²) in [6.07, 6.45) is 5.16. The van der Waals surface area contributed by atoms with Gasteiger partial charge in [0.2, 0.25) is 0 Å². The normalized spacial score (nSPS) is 10.1. The van der Waals surface area contributed by atoms with E-state index in [4.69, 9.17) is 0 Å². The number of aryl methyl sites for hydroxylation is 1. The van der Waals surface area contributed by atoms with Gasteiger partial charge >= 0.3 is 0 Å². The smallest absolute Gasteiger partial charge is 0.0342 e. The highest BCUT2D eigenvalue weighted by Crippen LogP contribution is 2.13. The number of rotatable bonds is 6. The average Bonchev–Trinajstić information content (AvgIpc) is 2.19. The molecule has 1 rings (SSSR count). The van der Waals surface area contributed by atoms with Gasteiger partial charge in [-0.3, -0.25) is 0 Å². The van der Waals surface area contributed by atoms with E-state index in [1.165, 1.54) is 36.9 Å². The molecule has 0 atom stereocenters. The lowest BCUT2D eigenvalue weighted by molar-refractivity contribution is 0.717. The molecule has 0 aliphatic heterocycles. The quantitative estimate of drug-likeness (QED) is 0.673. The Morgan fingerprint density at radius 2 is 2.00 bits per heavy atom. The number of hydrogen-bond donors (Lipinski definition) is 1. The summed E-state index contributed by atoms with van der Waals surface area (Å²) >= 11 is 0. The molecule has 0 heterocycles. The molecule has 0 aliphatic rings. The Balaban J connectivity index is 2.46. The Morgan fingerprint density at radius 1 is 1.14 bits per heavy atom. The first-order valence-electron chi connectivity index (χ1n) is 5.69. The molecule has 78 valence electrons. The van der Waals surface area contributed by atoms with Gasteiger partial charge in [0.05, 0.1) is 0 Å². The lowest BCUT2D eigenvalue weighted by Crippen LogP contribution is -1.96. The molecule has 0 fully saturated rings. The van der Waals surface area contributed by atoms with Crippen LogP contribution >= 0.6 is 0 Å². The number of anilines is 1. The monoisotopic (exact) mass is 191 g/mol. The maximum atomic E-state index is 3.34. The third kappa shape index (κ3) is 3.82. The van der Waals surface area contributed by atoms with E-state index in [1.54, 1.807) is 0 Å². The van der Waals surface area contributed by atoms with Crippen molar-refractivity contribution < 1.29 is 0 Å². The lowest BCUT2D eigenvalue weighted by Gasteiger charge is -2.05. The zero-order valence-electron chi connectivity index (χ0n) is 9.34. The fourth-order valence-electron chi connectivity index (χ4n) is 1.62. The Bertz CT molecular complexity index is 255.